The zero-order valence-corrected chi connectivity index (χ0v) is 11.5. The highest BCUT2D eigenvalue weighted by molar-refractivity contribution is 5.75. The Morgan fingerprint density at radius 3 is 2.56 bits per heavy atom. The number of hydrogen-bond donors (Lipinski definition) is 1. The number of aryl methyl sites for hydroxylation is 1. The van der Waals surface area contributed by atoms with Crippen molar-refractivity contribution in [2.24, 2.45) is 0 Å². The van der Waals surface area contributed by atoms with Crippen LogP contribution in [-0.2, 0) is 16.1 Å². The van der Waals surface area contributed by atoms with Crippen LogP contribution >= 0.6 is 0 Å². The Kier molecular flexibility index (Phi) is 6.44. The average Bonchev–Trinajstić information content (AvgIpc) is 2.40. The second-order valence-electron chi connectivity index (χ2n) is 4.58. The SMILES string of the molecule is CCCCC(NCc1ccc(C)cc1)C(=O)OC. The molecule has 1 atom stereocenters. The van der Waals surface area contributed by atoms with E-state index < -0.39 is 0 Å². The highest BCUT2D eigenvalue weighted by Crippen LogP contribution is 2.06. The van der Waals surface area contributed by atoms with Crippen LogP contribution in [0.1, 0.15) is 37.3 Å². The number of unbranched alkanes of at least 4 members (excludes halogenated alkanes) is 1. The molecule has 0 aliphatic rings. The molecule has 1 unspecified atom stereocenters. The summed E-state index contributed by atoms with van der Waals surface area (Å²) < 4.78 is 4.82. The largest absolute Gasteiger partial charge is 0.468 e. The normalized spacial score (nSPS) is 12.2. The zero-order chi connectivity index (χ0) is 13.4. The molecule has 0 fully saturated rings. The summed E-state index contributed by atoms with van der Waals surface area (Å²) in [6.07, 6.45) is 2.94. The zero-order valence-electron chi connectivity index (χ0n) is 11.5. The molecule has 0 aromatic heterocycles. The van der Waals surface area contributed by atoms with Gasteiger partial charge in [0, 0.05) is 6.54 Å². The molecular formula is C15H23NO2. The molecule has 1 rings (SSSR count). The van der Waals surface area contributed by atoms with Crippen molar-refractivity contribution in [1.29, 1.82) is 0 Å². The van der Waals surface area contributed by atoms with Crippen LogP contribution in [0, 0.1) is 6.92 Å². The van der Waals surface area contributed by atoms with E-state index in [9.17, 15) is 4.79 Å². The Morgan fingerprint density at radius 2 is 2.00 bits per heavy atom. The Balaban J connectivity index is 2.50. The van der Waals surface area contributed by atoms with Crippen molar-refractivity contribution in [3.05, 3.63) is 35.4 Å². The van der Waals surface area contributed by atoms with Crippen molar-refractivity contribution < 1.29 is 9.53 Å². The van der Waals surface area contributed by atoms with Gasteiger partial charge in [-0.2, -0.15) is 0 Å². The molecule has 100 valence electrons. The standard InChI is InChI=1S/C15H23NO2/c1-4-5-6-14(15(17)18-3)16-11-13-9-7-12(2)8-10-13/h7-10,14,16H,4-6,11H2,1-3H3. The third kappa shape index (κ3) is 4.88. The molecule has 0 heterocycles. The van der Waals surface area contributed by atoms with Crippen molar-refractivity contribution in [2.75, 3.05) is 7.11 Å². The molecular weight excluding hydrogens is 226 g/mol. The highest BCUT2D eigenvalue weighted by atomic mass is 16.5. The first-order chi connectivity index (χ1) is 8.67. The topological polar surface area (TPSA) is 38.3 Å². The lowest BCUT2D eigenvalue weighted by molar-refractivity contribution is -0.143. The van der Waals surface area contributed by atoms with Gasteiger partial charge in [-0.15, -0.1) is 0 Å². The van der Waals surface area contributed by atoms with Crippen LogP contribution in [-0.4, -0.2) is 19.1 Å². The van der Waals surface area contributed by atoms with Crippen molar-refractivity contribution in [3.63, 3.8) is 0 Å². The molecule has 3 nitrogen and oxygen atoms in total. The van der Waals surface area contributed by atoms with Gasteiger partial charge in [0.25, 0.3) is 0 Å². The molecule has 0 aliphatic carbocycles. The predicted molar refractivity (Wildman–Crippen MR) is 73.3 cm³/mol. The second kappa shape index (κ2) is 7.88. The second-order valence-corrected chi connectivity index (χ2v) is 4.58. The van der Waals surface area contributed by atoms with Gasteiger partial charge in [0.05, 0.1) is 7.11 Å². The van der Waals surface area contributed by atoms with Crippen LogP contribution in [0.2, 0.25) is 0 Å². The number of rotatable bonds is 7. The maximum absolute atomic E-state index is 11.6. The van der Waals surface area contributed by atoms with Gasteiger partial charge in [-0.3, -0.25) is 4.79 Å². The molecule has 0 radical (unpaired) electrons. The molecule has 0 amide bonds. The Bertz CT molecular complexity index is 359. The molecule has 18 heavy (non-hydrogen) atoms. The first-order valence-corrected chi connectivity index (χ1v) is 6.54. The molecule has 1 N–H and O–H groups in total. The summed E-state index contributed by atoms with van der Waals surface area (Å²) >= 11 is 0. The van der Waals surface area contributed by atoms with Crippen LogP contribution < -0.4 is 5.32 Å². The van der Waals surface area contributed by atoms with E-state index in [1.165, 1.54) is 18.2 Å². The van der Waals surface area contributed by atoms with Crippen LogP contribution in [0.15, 0.2) is 24.3 Å². The molecule has 3 heteroatoms. The van der Waals surface area contributed by atoms with Gasteiger partial charge in [-0.25, -0.2) is 0 Å². The van der Waals surface area contributed by atoms with E-state index in [2.05, 4.69) is 43.4 Å². The number of esters is 1. The number of carbonyl (C=O) groups is 1. The van der Waals surface area contributed by atoms with E-state index in [0.717, 1.165) is 19.3 Å². The summed E-state index contributed by atoms with van der Waals surface area (Å²) in [7, 11) is 1.44. The quantitative estimate of drug-likeness (QED) is 0.755. The van der Waals surface area contributed by atoms with Crippen LogP contribution in [0.25, 0.3) is 0 Å². The van der Waals surface area contributed by atoms with Crippen LogP contribution in [0.4, 0.5) is 0 Å². The maximum Gasteiger partial charge on any atom is 0.322 e. The number of ether oxygens (including phenoxy) is 1. The van der Waals surface area contributed by atoms with E-state index in [1.807, 2.05) is 0 Å². The van der Waals surface area contributed by atoms with Gasteiger partial charge in [0.2, 0.25) is 0 Å². The Hall–Kier alpha value is -1.35. The minimum atomic E-state index is -0.198. The fourth-order valence-electron chi connectivity index (χ4n) is 1.80. The lowest BCUT2D eigenvalue weighted by atomic mass is 10.1. The van der Waals surface area contributed by atoms with Gasteiger partial charge in [-0.1, -0.05) is 49.6 Å². The molecule has 0 saturated heterocycles. The predicted octanol–water partition coefficient (Wildman–Crippen LogP) is 2.82. The van der Waals surface area contributed by atoms with Crippen molar-refractivity contribution in [3.8, 4) is 0 Å². The number of methoxy groups -OCH3 is 1. The molecule has 0 saturated carbocycles. The number of hydrogen-bond acceptors (Lipinski definition) is 3. The van der Waals surface area contributed by atoms with Crippen molar-refractivity contribution in [2.45, 2.75) is 45.7 Å². The highest BCUT2D eigenvalue weighted by Gasteiger charge is 2.17. The fourth-order valence-corrected chi connectivity index (χ4v) is 1.80. The first kappa shape index (κ1) is 14.7. The van der Waals surface area contributed by atoms with Crippen molar-refractivity contribution in [1.82, 2.24) is 5.32 Å². The third-order valence-corrected chi connectivity index (χ3v) is 3.01. The van der Waals surface area contributed by atoms with Crippen LogP contribution in [0.5, 0.6) is 0 Å². The summed E-state index contributed by atoms with van der Waals surface area (Å²) in [5, 5.41) is 3.27. The minimum Gasteiger partial charge on any atom is -0.468 e. The summed E-state index contributed by atoms with van der Waals surface area (Å²) in [6, 6.07) is 8.12. The van der Waals surface area contributed by atoms with E-state index in [0.29, 0.717) is 6.54 Å². The summed E-state index contributed by atoms with van der Waals surface area (Å²) in [5.74, 6) is -0.171. The summed E-state index contributed by atoms with van der Waals surface area (Å²) in [5.41, 5.74) is 2.43. The first-order valence-electron chi connectivity index (χ1n) is 6.54. The van der Waals surface area contributed by atoms with Crippen LogP contribution in [0.3, 0.4) is 0 Å². The summed E-state index contributed by atoms with van der Waals surface area (Å²) in [4.78, 5) is 11.6. The van der Waals surface area contributed by atoms with Gasteiger partial charge < -0.3 is 10.1 Å². The van der Waals surface area contributed by atoms with E-state index in [-0.39, 0.29) is 12.0 Å². The minimum absolute atomic E-state index is 0.171. The molecule has 1 aromatic rings. The smallest absolute Gasteiger partial charge is 0.322 e. The van der Waals surface area contributed by atoms with E-state index in [4.69, 9.17) is 4.74 Å². The molecule has 0 aliphatic heterocycles. The number of nitrogens with one attached hydrogen (secondary N) is 1. The van der Waals surface area contributed by atoms with Gasteiger partial charge >= 0.3 is 5.97 Å². The Labute approximate surface area is 110 Å². The number of benzene rings is 1. The lowest BCUT2D eigenvalue weighted by Gasteiger charge is -2.16. The van der Waals surface area contributed by atoms with Gasteiger partial charge in [-0.05, 0) is 18.9 Å². The van der Waals surface area contributed by atoms with Gasteiger partial charge in [0.15, 0.2) is 0 Å². The molecule has 1 aromatic carbocycles. The van der Waals surface area contributed by atoms with E-state index in [1.54, 1.807) is 0 Å². The molecule has 0 bridgehead atoms. The average molecular weight is 249 g/mol. The summed E-state index contributed by atoms with van der Waals surface area (Å²) in [6.45, 7) is 4.88. The monoisotopic (exact) mass is 249 g/mol. The Morgan fingerprint density at radius 1 is 1.33 bits per heavy atom. The number of carbonyl (C=O) groups excluding carboxylic acids is 1. The fraction of sp³-hybridized carbons (Fsp3) is 0.533. The van der Waals surface area contributed by atoms with E-state index >= 15 is 0 Å². The maximum atomic E-state index is 11.6. The lowest BCUT2D eigenvalue weighted by Crippen LogP contribution is -2.37. The third-order valence-electron chi connectivity index (χ3n) is 3.01. The van der Waals surface area contributed by atoms with Crippen molar-refractivity contribution >= 4 is 5.97 Å². The molecule has 0 spiro atoms. The van der Waals surface area contributed by atoms with Gasteiger partial charge in [0.1, 0.15) is 6.04 Å².